The van der Waals surface area contributed by atoms with E-state index in [4.69, 9.17) is 9.47 Å². The van der Waals surface area contributed by atoms with Crippen LogP contribution in [0.2, 0.25) is 0 Å². The molecule has 2 aromatic rings. The second-order valence-electron chi connectivity index (χ2n) is 7.89. The molecule has 0 bridgehead atoms. The van der Waals surface area contributed by atoms with Crippen LogP contribution in [0.15, 0.2) is 41.3 Å². The summed E-state index contributed by atoms with van der Waals surface area (Å²) >= 11 is 0. The Balaban J connectivity index is 1.53. The molecular weight excluding hydrogens is 446 g/mol. The molecule has 9 nitrogen and oxygen atoms in total. The summed E-state index contributed by atoms with van der Waals surface area (Å²) in [5.41, 5.74) is 2.05. The third kappa shape index (κ3) is 4.28. The molecule has 0 aromatic heterocycles. The molecule has 0 saturated heterocycles. The van der Waals surface area contributed by atoms with E-state index in [9.17, 15) is 18.0 Å². The zero-order valence-electron chi connectivity index (χ0n) is 18.8. The van der Waals surface area contributed by atoms with E-state index < -0.39 is 16.1 Å². The lowest BCUT2D eigenvalue weighted by Crippen LogP contribution is -2.47. The molecule has 176 valence electrons. The van der Waals surface area contributed by atoms with E-state index in [-0.39, 0.29) is 36.5 Å². The normalized spacial score (nSPS) is 16.7. The highest BCUT2D eigenvalue weighted by molar-refractivity contribution is 7.89. The van der Waals surface area contributed by atoms with Gasteiger partial charge < -0.3 is 14.8 Å². The number of nitrogens with one attached hydrogen (secondary N) is 1. The molecule has 2 heterocycles. The Morgan fingerprint density at radius 3 is 2.52 bits per heavy atom. The molecule has 1 atom stereocenters. The summed E-state index contributed by atoms with van der Waals surface area (Å²) < 4.78 is 37.9. The zero-order chi connectivity index (χ0) is 23.8. The summed E-state index contributed by atoms with van der Waals surface area (Å²) in [6.45, 7) is 6.12. The van der Waals surface area contributed by atoms with Crippen LogP contribution in [0.4, 0.5) is 5.69 Å². The molecule has 4 rings (SSSR count). The minimum absolute atomic E-state index is 0.162. The number of hydrogen-bond donors (Lipinski definition) is 1. The Hall–Kier alpha value is -3.11. The number of nitrogens with zero attached hydrogens (tertiary/aromatic N) is 2. The van der Waals surface area contributed by atoms with Gasteiger partial charge in [0, 0.05) is 38.7 Å². The maximum absolute atomic E-state index is 13.0. The van der Waals surface area contributed by atoms with Crippen molar-refractivity contribution < 1.29 is 27.5 Å². The largest absolute Gasteiger partial charge is 0.454 e. The first-order valence-electron chi connectivity index (χ1n) is 10.8. The van der Waals surface area contributed by atoms with Gasteiger partial charge in [-0.15, -0.1) is 0 Å². The van der Waals surface area contributed by atoms with Crippen LogP contribution >= 0.6 is 0 Å². The lowest BCUT2D eigenvalue weighted by Gasteiger charge is -2.23. The van der Waals surface area contributed by atoms with E-state index in [2.05, 4.69) is 5.32 Å². The third-order valence-corrected chi connectivity index (χ3v) is 7.97. The molecule has 1 unspecified atom stereocenters. The minimum Gasteiger partial charge on any atom is -0.454 e. The van der Waals surface area contributed by atoms with Crippen molar-refractivity contribution in [3.05, 3.63) is 47.5 Å². The molecule has 2 aliphatic rings. The summed E-state index contributed by atoms with van der Waals surface area (Å²) in [5, 5.41) is 2.88. The number of hydrogen-bond acceptors (Lipinski definition) is 6. The maximum atomic E-state index is 13.0. The van der Waals surface area contributed by atoms with Gasteiger partial charge in [-0.3, -0.25) is 14.5 Å². The van der Waals surface area contributed by atoms with Crippen molar-refractivity contribution >= 4 is 27.5 Å². The molecule has 2 aromatic carbocycles. The van der Waals surface area contributed by atoms with E-state index in [0.717, 1.165) is 5.56 Å². The van der Waals surface area contributed by atoms with Crippen molar-refractivity contribution in [2.75, 3.05) is 24.8 Å². The Morgan fingerprint density at radius 1 is 1.09 bits per heavy atom. The summed E-state index contributed by atoms with van der Waals surface area (Å²) in [6.07, 6.45) is 0.240. The predicted molar refractivity (Wildman–Crippen MR) is 122 cm³/mol. The molecule has 0 radical (unpaired) electrons. The second kappa shape index (κ2) is 9.03. The van der Waals surface area contributed by atoms with E-state index >= 15 is 0 Å². The van der Waals surface area contributed by atoms with Gasteiger partial charge in [-0.25, -0.2) is 8.42 Å². The van der Waals surface area contributed by atoms with Crippen LogP contribution in [0.1, 0.15) is 31.9 Å². The van der Waals surface area contributed by atoms with Gasteiger partial charge in [-0.05, 0) is 41.5 Å². The summed E-state index contributed by atoms with van der Waals surface area (Å²) in [7, 11) is -3.64. The Morgan fingerprint density at radius 2 is 1.82 bits per heavy atom. The molecule has 2 aliphatic heterocycles. The second-order valence-corrected chi connectivity index (χ2v) is 9.83. The van der Waals surface area contributed by atoms with Gasteiger partial charge in [-0.2, -0.15) is 4.31 Å². The number of anilines is 1. The Bertz CT molecular complexity index is 1190. The van der Waals surface area contributed by atoms with Gasteiger partial charge in [-0.1, -0.05) is 19.9 Å². The fourth-order valence-corrected chi connectivity index (χ4v) is 5.77. The van der Waals surface area contributed by atoms with Crippen molar-refractivity contribution in [3.8, 4) is 11.5 Å². The molecule has 0 saturated carbocycles. The van der Waals surface area contributed by atoms with Crippen LogP contribution in [-0.4, -0.2) is 50.5 Å². The fraction of sp³-hybridized carbons (Fsp3) is 0.391. The van der Waals surface area contributed by atoms with Crippen molar-refractivity contribution in [3.63, 3.8) is 0 Å². The number of ether oxygens (including phenoxy) is 2. The van der Waals surface area contributed by atoms with Gasteiger partial charge >= 0.3 is 0 Å². The van der Waals surface area contributed by atoms with Crippen molar-refractivity contribution in [2.45, 2.75) is 44.7 Å². The third-order valence-electron chi connectivity index (χ3n) is 5.92. The molecule has 0 aliphatic carbocycles. The van der Waals surface area contributed by atoms with Crippen molar-refractivity contribution in [1.29, 1.82) is 0 Å². The lowest BCUT2D eigenvalue weighted by atomic mass is 10.1. The van der Waals surface area contributed by atoms with E-state index in [1.165, 1.54) is 22.2 Å². The average Bonchev–Trinajstić information content (AvgIpc) is 3.41. The zero-order valence-corrected chi connectivity index (χ0v) is 19.6. The van der Waals surface area contributed by atoms with Gasteiger partial charge in [0.1, 0.15) is 6.04 Å². The van der Waals surface area contributed by atoms with Crippen LogP contribution < -0.4 is 19.7 Å². The lowest BCUT2D eigenvalue weighted by molar-refractivity contribution is -0.125. The topological polar surface area (TPSA) is 105 Å². The fourth-order valence-electron chi connectivity index (χ4n) is 4.26. The Kier molecular flexibility index (Phi) is 6.31. The molecular formula is C23H27N3O6S. The summed E-state index contributed by atoms with van der Waals surface area (Å²) in [4.78, 5) is 27.0. The van der Waals surface area contributed by atoms with Gasteiger partial charge in [0.25, 0.3) is 0 Å². The SMILES string of the molecule is CCN(CC)S(=O)(=O)c1ccc2c(c1)CC(C(=O)NCc1ccc3c(c1)OCO3)N2C(C)=O. The highest BCUT2D eigenvalue weighted by Gasteiger charge is 2.38. The van der Waals surface area contributed by atoms with Crippen LogP contribution in [0, 0.1) is 0 Å². The van der Waals surface area contributed by atoms with Crippen LogP contribution in [0.3, 0.4) is 0 Å². The monoisotopic (exact) mass is 473 g/mol. The highest BCUT2D eigenvalue weighted by atomic mass is 32.2. The smallest absolute Gasteiger partial charge is 0.243 e. The summed E-state index contributed by atoms with van der Waals surface area (Å²) in [5.74, 6) is 0.695. The van der Waals surface area contributed by atoms with Crippen LogP contribution in [-0.2, 0) is 32.6 Å². The number of amides is 2. The molecule has 0 spiro atoms. The molecule has 1 N–H and O–H groups in total. The molecule has 33 heavy (non-hydrogen) atoms. The molecule has 10 heteroatoms. The van der Waals surface area contributed by atoms with Gasteiger partial charge in [0.2, 0.25) is 28.6 Å². The van der Waals surface area contributed by atoms with Gasteiger partial charge in [0.05, 0.1) is 4.90 Å². The average molecular weight is 474 g/mol. The predicted octanol–water partition coefficient (Wildman–Crippen LogP) is 2.04. The quantitative estimate of drug-likeness (QED) is 0.660. The molecule has 2 amide bonds. The highest BCUT2D eigenvalue weighted by Crippen LogP contribution is 2.35. The number of carbonyl (C=O) groups excluding carboxylic acids is 2. The van der Waals surface area contributed by atoms with Crippen molar-refractivity contribution in [1.82, 2.24) is 9.62 Å². The van der Waals surface area contributed by atoms with Gasteiger partial charge in [0.15, 0.2) is 11.5 Å². The number of sulfonamides is 1. The van der Waals surface area contributed by atoms with E-state index in [0.29, 0.717) is 35.8 Å². The standard InChI is InChI=1S/C23H27N3O6S/c1-4-25(5-2)33(29,30)18-7-8-19-17(11-18)12-20(26(19)15(3)27)23(28)24-13-16-6-9-21-22(10-16)32-14-31-21/h6-11,20H,4-5,12-14H2,1-3H3,(H,24,28). The van der Waals surface area contributed by atoms with Crippen LogP contribution in [0.25, 0.3) is 0 Å². The van der Waals surface area contributed by atoms with Crippen molar-refractivity contribution in [2.24, 2.45) is 0 Å². The first kappa shape index (κ1) is 23.1. The first-order chi connectivity index (χ1) is 15.8. The number of carbonyl (C=O) groups is 2. The van der Waals surface area contributed by atoms with E-state index in [1.807, 2.05) is 6.07 Å². The maximum Gasteiger partial charge on any atom is 0.243 e. The number of rotatable bonds is 7. The molecule has 0 fully saturated rings. The summed E-state index contributed by atoms with van der Waals surface area (Å²) in [6, 6.07) is 9.36. The first-order valence-corrected chi connectivity index (χ1v) is 12.3. The minimum atomic E-state index is -3.64. The number of fused-ring (bicyclic) bond motifs is 2. The number of benzene rings is 2. The Labute approximate surface area is 193 Å². The van der Waals surface area contributed by atoms with E-state index in [1.54, 1.807) is 38.1 Å². The van der Waals surface area contributed by atoms with Crippen LogP contribution in [0.5, 0.6) is 11.5 Å².